The van der Waals surface area contributed by atoms with Gasteiger partial charge in [0, 0.05) is 11.1 Å². The first-order valence-electron chi connectivity index (χ1n) is 9.61. The Morgan fingerprint density at radius 2 is 1.90 bits per heavy atom. The van der Waals surface area contributed by atoms with Crippen molar-refractivity contribution < 1.29 is 27.4 Å². The highest BCUT2D eigenvalue weighted by Crippen LogP contribution is 2.39. The number of hydrogen-bond acceptors (Lipinski definition) is 4. The average Bonchev–Trinajstić information content (AvgIpc) is 3.16. The lowest BCUT2D eigenvalue weighted by molar-refractivity contribution is -0.137. The minimum atomic E-state index is -4.62. The molecule has 1 atom stereocenters. The van der Waals surface area contributed by atoms with Crippen LogP contribution in [0.4, 0.5) is 18.9 Å². The maximum atomic E-state index is 13.3. The Morgan fingerprint density at radius 1 is 1.13 bits per heavy atom. The van der Waals surface area contributed by atoms with E-state index in [0.29, 0.717) is 31.3 Å². The second kappa shape index (κ2) is 8.35. The Labute approximate surface area is 176 Å². The van der Waals surface area contributed by atoms with Crippen molar-refractivity contribution in [2.24, 2.45) is 0 Å². The number of carbonyl (C=O) groups is 1. The van der Waals surface area contributed by atoms with Gasteiger partial charge in [-0.05, 0) is 55.3 Å². The fourth-order valence-electron chi connectivity index (χ4n) is 3.89. The summed E-state index contributed by atoms with van der Waals surface area (Å²) >= 11 is 5.69. The van der Waals surface area contributed by atoms with E-state index in [-0.39, 0.29) is 23.3 Å². The van der Waals surface area contributed by atoms with E-state index in [9.17, 15) is 18.0 Å². The van der Waals surface area contributed by atoms with Gasteiger partial charge in [-0.3, -0.25) is 9.69 Å². The number of carbonyl (C=O) groups excluding carboxylic acids is 1. The number of anilines is 1. The van der Waals surface area contributed by atoms with Crippen molar-refractivity contribution in [1.29, 1.82) is 0 Å². The maximum Gasteiger partial charge on any atom is 0.418 e. The number of ether oxygens (including phenoxy) is 2. The van der Waals surface area contributed by atoms with Gasteiger partial charge in [0.05, 0.1) is 17.8 Å². The standard InChI is InChI=1S/C21H20ClF3N2O3/c22-14-4-5-16(15(11-14)21(23,24)25)26-20(28)12-27-7-1-2-17(27)13-3-6-18-19(10-13)30-9-8-29-18/h3-6,10-11,17H,1-2,7-9,12H2,(H,26,28). The van der Waals surface area contributed by atoms with Crippen molar-refractivity contribution in [2.75, 3.05) is 31.6 Å². The van der Waals surface area contributed by atoms with E-state index in [1.54, 1.807) is 0 Å². The second-order valence-corrected chi connectivity index (χ2v) is 7.70. The highest BCUT2D eigenvalue weighted by atomic mass is 35.5. The van der Waals surface area contributed by atoms with Gasteiger partial charge >= 0.3 is 6.18 Å². The molecule has 1 unspecified atom stereocenters. The predicted octanol–water partition coefficient (Wildman–Crippen LogP) is 4.91. The lowest BCUT2D eigenvalue weighted by Gasteiger charge is -2.26. The van der Waals surface area contributed by atoms with Crippen LogP contribution in [0.25, 0.3) is 0 Å². The molecule has 0 aromatic heterocycles. The molecule has 0 aliphatic carbocycles. The molecule has 0 bridgehead atoms. The van der Waals surface area contributed by atoms with Crippen molar-refractivity contribution >= 4 is 23.2 Å². The lowest BCUT2D eigenvalue weighted by Crippen LogP contribution is -2.33. The molecule has 2 heterocycles. The van der Waals surface area contributed by atoms with Crippen LogP contribution < -0.4 is 14.8 Å². The van der Waals surface area contributed by atoms with Crippen LogP contribution in [-0.4, -0.2) is 37.1 Å². The molecule has 9 heteroatoms. The Balaban J connectivity index is 1.47. The normalized spacial score (nSPS) is 19.0. The molecule has 1 N–H and O–H groups in total. The van der Waals surface area contributed by atoms with Crippen LogP contribution in [0.5, 0.6) is 11.5 Å². The van der Waals surface area contributed by atoms with Gasteiger partial charge in [0.2, 0.25) is 5.91 Å². The summed E-state index contributed by atoms with van der Waals surface area (Å²) in [6.07, 6.45) is -2.88. The molecule has 4 rings (SSSR count). The van der Waals surface area contributed by atoms with E-state index in [1.165, 1.54) is 12.1 Å². The third kappa shape index (κ3) is 4.49. The molecule has 5 nitrogen and oxygen atoms in total. The number of fused-ring (bicyclic) bond motifs is 1. The quantitative estimate of drug-likeness (QED) is 0.734. The molecule has 2 aliphatic rings. The molecule has 2 aromatic carbocycles. The highest BCUT2D eigenvalue weighted by Gasteiger charge is 2.35. The van der Waals surface area contributed by atoms with Crippen LogP contribution >= 0.6 is 11.6 Å². The Bertz CT molecular complexity index is 952. The van der Waals surface area contributed by atoms with Gasteiger partial charge in [0.1, 0.15) is 13.2 Å². The van der Waals surface area contributed by atoms with Crippen LogP contribution in [0.1, 0.15) is 30.0 Å². The zero-order chi connectivity index (χ0) is 21.3. The van der Waals surface area contributed by atoms with Crippen molar-refractivity contribution in [3.05, 3.63) is 52.5 Å². The van der Waals surface area contributed by atoms with Crippen LogP contribution in [0, 0.1) is 0 Å². The van der Waals surface area contributed by atoms with E-state index in [0.717, 1.165) is 24.5 Å². The van der Waals surface area contributed by atoms with Crippen LogP contribution in [0.15, 0.2) is 36.4 Å². The molecule has 0 radical (unpaired) electrons. The molecule has 30 heavy (non-hydrogen) atoms. The fraction of sp³-hybridized carbons (Fsp3) is 0.381. The van der Waals surface area contributed by atoms with E-state index in [2.05, 4.69) is 5.32 Å². The Morgan fingerprint density at radius 3 is 2.67 bits per heavy atom. The molecular weight excluding hydrogens is 421 g/mol. The molecule has 160 valence electrons. The van der Waals surface area contributed by atoms with E-state index >= 15 is 0 Å². The predicted molar refractivity (Wildman–Crippen MR) is 106 cm³/mol. The van der Waals surface area contributed by atoms with Crippen LogP contribution in [0.3, 0.4) is 0 Å². The third-order valence-electron chi connectivity index (χ3n) is 5.22. The monoisotopic (exact) mass is 440 g/mol. The van der Waals surface area contributed by atoms with E-state index in [1.807, 2.05) is 23.1 Å². The van der Waals surface area contributed by atoms with Crippen molar-refractivity contribution in [3.63, 3.8) is 0 Å². The smallest absolute Gasteiger partial charge is 0.418 e. The largest absolute Gasteiger partial charge is 0.486 e. The molecule has 2 aromatic rings. The van der Waals surface area contributed by atoms with E-state index < -0.39 is 17.6 Å². The Kier molecular flexibility index (Phi) is 5.79. The number of likely N-dealkylation sites (tertiary alicyclic amines) is 1. The molecular formula is C21H20ClF3N2O3. The summed E-state index contributed by atoms with van der Waals surface area (Å²) in [5.41, 5.74) is -0.271. The summed E-state index contributed by atoms with van der Waals surface area (Å²) in [5.74, 6) is 0.855. The highest BCUT2D eigenvalue weighted by molar-refractivity contribution is 6.30. The van der Waals surface area contributed by atoms with Gasteiger partial charge in [-0.1, -0.05) is 17.7 Å². The topological polar surface area (TPSA) is 50.8 Å². The van der Waals surface area contributed by atoms with E-state index in [4.69, 9.17) is 21.1 Å². The first-order valence-corrected chi connectivity index (χ1v) is 9.99. The second-order valence-electron chi connectivity index (χ2n) is 7.27. The van der Waals surface area contributed by atoms with Gasteiger partial charge in [-0.25, -0.2) is 0 Å². The van der Waals surface area contributed by atoms with Gasteiger partial charge in [-0.15, -0.1) is 0 Å². The molecule has 0 spiro atoms. The minimum Gasteiger partial charge on any atom is -0.486 e. The van der Waals surface area contributed by atoms with Crippen molar-refractivity contribution in [3.8, 4) is 11.5 Å². The number of alkyl halides is 3. The summed E-state index contributed by atoms with van der Waals surface area (Å²) in [6.45, 7) is 1.65. The first-order chi connectivity index (χ1) is 14.3. The van der Waals surface area contributed by atoms with Gasteiger partial charge in [0.15, 0.2) is 11.5 Å². The minimum absolute atomic E-state index is 0.0148. The lowest BCUT2D eigenvalue weighted by atomic mass is 10.0. The maximum absolute atomic E-state index is 13.3. The van der Waals surface area contributed by atoms with Crippen molar-refractivity contribution in [2.45, 2.75) is 25.1 Å². The van der Waals surface area contributed by atoms with Gasteiger partial charge in [0.25, 0.3) is 0 Å². The number of nitrogens with one attached hydrogen (secondary N) is 1. The zero-order valence-electron chi connectivity index (χ0n) is 16.0. The number of amides is 1. The first kappa shape index (κ1) is 20.8. The van der Waals surface area contributed by atoms with Gasteiger partial charge in [-0.2, -0.15) is 13.2 Å². The summed E-state index contributed by atoms with van der Waals surface area (Å²) in [4.78, 5) is 14.5. The van der Waals surface area contributed by atoms with Crippen LogP contribution in [0.2, 0.25) is 5.02 Å². The molecule has 1 fully saturated rings. The molecule has 1 saturated heterocycles. The molecule has 2 aliphatic heterocycles. The summed E-state index contributed by atoms with van der Waals surface area (Å²) in [5, 5.41) is 2.35. The summed E-state index contributed by atoms with van der Waals surface area (Å²) in [6, 6.07) is 8.99. The fourth-order valence-corrected chi connectivity index (χ4v) is 4.07. The number of nitrogens with zero attached hydrogens (tertiary/aromatic N) is 1. The molecule has 0 saturated carbocycles. The SMILES string of the molecule is O=C(CN1CCCC1c1ccc2c(c1)OCCO2)Nc1ccc(Cl)cc1C(F)(F)F. The summed E-state index contributed by atoms with van der Waals surface area (Å²) in [7, 11) is 0. The van der Waals surface area contributed by atoms with Crippen molar-refractivity contribution in [1.82, 2.24) is 4.90 Å². The zero-order valence-corrected chi connectivity index (χ0v) is 16.7. The third-order valence-corrected chi connectivity index (χ3v) is 5.46. The summed E-state index contributed by atoms with van der Waals surface area (Å²) < 4.78 is 51.0. The number of rotatable bonds is 4. The molecule has 1 amide bonds. The number of benzene rings is 2. The average molecular weight is 441 g/mol. The van der Waals surface area contributed by atoms with Gasteiger partial charge < -0.3 is 14.8 Å². The Hall–Kier alpha value is -2.45. The van der Waals surface area contributed by atoms with Crippen LogP contribution in [-0.2, 0) is 11.0 Å². The number of hydrogen-bond donors (Lipinski definition) is 1. The number of halogens is 4.